The second kappa shape index (κ2) is 5.08. The summed E-state index contributed by atoms with van der Waals surface area (Å²) < 4.78 is 5.72. The summed E-state index contributed by atoms with van der Waals surface area (Å²) in [5.74, 6) is -0.0614. The van der Waals surface area contributed by atoms with Gasteiger partial charge in [-0.1, -0.05) is 20.8 Å². The Morgan fingerprint density at radius 3 is 1.95 bits per heavy atom. The molecule has 0 N–H and O–H groups in total. The molecular weight excluding hydrogens is 238 g/mol. The first-order valence-corrected chi connectivity index (χ1v) is 7.27. The van der Waals surface area contributed by atoms with E-state index in [1.165, 1.54) is 0 Å². The largest absolute Gasteiger partial charge is 0.462 e. The molecule has 19 heavy (non-hydrogen) atoms. The van der Waals surface area contributed by atoms with Crippen LogP contribution in [0.25, 0.3) is 0 Å². The fourth-order valence-corrected chi connectivity index (χ4v) is 3.02. The average Bonchev–Trinajstić information content (AvgIpc) is 2.09. The molecule has 0 unspecified atom stereocenters. The number of hydrogen-bond donors (Lipinski definition) is 0. The lowest BCUT2D eigenvalue weighted by atomic mass is 9.78. The Labute approximate surface area is 118 Å². The zero-order valence-corrected chi connectivity index (χ0v) is 14.0. The molecule has 0 spiro atoms. The van der Waals surface area contributed by atoms with Gasteiger partial charge in [0.25, 0.3) is 0 Å². The second-order valence-corrected chi connectivity index (χ2v) is 8.44. The molecule has 1 fully saturated rings. The molecule has 0 aromatic carbocycles. The number of carbonyl (C=O) groups is 1. The highest BCUT2D eigenvalue weighted by Gasteiger charge is 2.44. The molecule has 0 aromatic rings. The molecule has 1 rings (SSSR count). The fourth-order valence-electron chi connectivity index (χ4n) is 3.02. The van der Waals surface area contributed by atoms with E-state index in [4.69, 9.17) is 4.74 Å². The van der Waals surface area contributed by atoms with E-state index in [9.17, 15) is 4.79 Å². The maximum Gasteiger partial charge on any atom is 0.306 e. The van der Waals surface area contributed by atoms with Crippen LogP contribution < -0.4 is 0 Å². The van der Waals surface area contributed by atoms with Crippen molar-refractivity contribution in [3.05, 3.63) is 0 Å². The van der Waals surface area contributed by atoms with Gasteiger partial charge in [-0.3, -0.25) is 9.69 Å². The van der Waals surface area contributed by atoms with Crippen LogP contribution in [0.15, 0.2) is 0 Å². The zero-order valence-electron chi connectivity index (χ0n) is 14.0. The van der Waals surface area contributed by atoms with Gasteiger partial charge in [-0.25, -0.2) is 0 Å². The minimum atomic E-state index is -0.0614. The van der Waals surface area contributed by atoms with Gasteiger partial charge in [0.15, 0.2) is 0 Å². The third-order valence-electron chi connectivity index (χ3n) is 4.24. The van der Waals surface area contributed by atoms with Gasteiger partial charge in [0.05, 0.1) is 6.42 Å². The first-order valence-electron chi connectivity index (χ1n) is 7.27. The predicted octanol–water partition coefficient (Wildman–Crippen LogP) is 3.62. The van der Waals surface area contributed by atoms with Crippen LogP contribution in [0.1, 0.15) is 67.7 Å². The topological polar surface area (TPSA) is 29.5 Å². The van der Waals surface area contributed by atoms with E-state index in [2.05, 4.69) is 60.4 Å². The molecule has 1 saturated heterocycles. The van der Waals surface area contributed by atoms with E-state index in [1.54, 1.807) is 0 Å². The van der Waals surface area contributed by atoms with E-state index < -0.39 is 0 Å². The Morgan fingerprint density at radius 1 is 1.16 bits per heavy atom. The fraction of sp³-hybridized carbons (Fsp3) is 0.938. The number of hydrogen-bond acceptors (Lipinski definition) is 3. The van der Waals surface area contributed by atoms with Gasteiger partial charge < -0.3 is 4.74 Å². The van der Waals surface area contributed by atoms with Crippen LogP contribution in [0.3, 0.4) is 0 Å². The summed E-state index contributed by atoms with van der Waals surface area (Å²) in [6, 6.07) is 0. The molecule has 0 radical (unpaired) electrons. The summed E-state index contributed by atoms with van der Waals surface area (Å²) in [7, 11) is 2.16. The normalized spacial score (nSPS) is 24.2. The Hall–Kier alpha value is -0.570. The van der Waals surface area contributed by atoms with Crippen molar-refractivity contribution in [3.8, 4) is 0 Å². The van der Waals surface area contributed by atoms with Gasteiger partial charge >= 0.3 is 5.97 Å². The second-order valence-electron chi connectivity index (χ2n) is 8.44. The van der Waals surface area contributed by atoms with E-state index in [0.29, 0.717) is 6.42 Å². The van der Waals surface area contributed by atoms with Gasteiger partial charge in [0, 0.05) is 23.9 Å². The lowest BCUT2D eigenvalue weighted by molar-refractivity contribution is -0.160. The third kappa shape index (κ3) is 4.48. The van der Waals surface area contributed by atoms with Crippen LogP contribution >= 0.6 is 0 Å². The van der Waals surface area contributed by atoms with Gasteiger partial charge in [0.2, 0.25) is 0 Å². The monoisotopic (exact) mass is 269 g/mol. The van der Waals surface area contributed by atoms with Crippen LogP contribution in [-0.2, 0) is 9.53 Å². The van der Waals surface area contributed by atoms with Crippen LogP contribution in [0.4, 0.5) is 0 Å². The van der Waals surface area contributed by atoms with E-state index in [-0.39, 0.29) is 28.6 Å². The van der Waals surface area contributed by atoms with Gasteiger partial charge in [0.1, 0.15) is 6.10 Å². The highest BCUT2D eigenvalue weighted by Crippen LogP contribution is 2.38. The van der Waals surface area contributed by atoms with Gasteiger partial charge in [-0.15, -0.1) is 0 Å². The van der Waals surface area contributed by atoms with Crippen LogP contribution in [0.2, 0.25) is 0 Å². The SMILES string of the molecule is CN1C(C)(C)CC(OC(=O)CC(C)(C)C)CC1(C)C. The Bertz CT molecular complexity index is 321. The van der Waals surface area contributed by atoms with Crippen molar-refractivity contribution in [1.29, 1.82) is 0 Å². The third-order valence-corrected chi connectivity index (χ3v) is 4.24. The number of likely N-dealkylation sites (tertiary alicyclic amines) is 1. The van der Waals surface area contributed by atoms with Crippen molar-refractivity contribution in [2.45, 2.75) is 84.9 Å². The van der Waals surface area contributed by atoms with Crippen molar-refractivity contribution in [3.63, 3.8) is 0 Å². The summed E-state index contributed by atoms with van der Waals surface area (Å²) in [5, 5.41) is 0. The van der Waals surface area contributed by atoms with Gasteiger partial charge in [-0.2, -0.15) is 0 Å². The van der Waals surface area contributed by atoms with Gasteiger partial charge in [-0.05, 0) is 40.2 Å². The summed E-state index contributed by atoms with van der Waals surface area (Å²) in [5.41, 5.74) is 0.121. The first-order chi connectivity index (χ1) is 8.33. The van der Waals surface area contributed by atoms with Crippen molar-refractivity contribution in [1.82, 2.24) is 4.90 Å². The van der Waals surface area contributed by atoms with E-state index in [1.807, 2.05) is 0 Å². The minimum absolute atomic E-state index is 0.00637. The highest BCUT2D eigenvalue weighted by molar-refractivity contribution is 5.70. The van der Waals surface area contributed by atoms with Crippen molar-refractivity contribution < 1.29 is 9.53 Å². The highest BCUT2D eigenvalue weighted by atomic mass is 16.5. The maximum atomic E-state index is 12.0. The smallest absolute Gasteiger partial charge is 0.306 e. The Morgan fingerprint density at radius 2 is 1.58 bits per heavy atom. The van der Waals surface area contributed by atoms with Crippen molar-refractivity contribution in [2.24, 2.45) is 5.41 Å². The summed E-state index contributed by atoms with van der Waals surface area (Å²) in [6.45, 7) is 15.1. The summed E-state index contributed by atoms with van der Waals surface area (Å²) in [4.78, 5) is 14.4. The van der Waals surface area contributed by atoms with Crippen LogP contribution in [0, 0.1) is 5.41 Å². The number of esters is 1. The number of carbonyl (C=O) groups excluding carboxylic acids is 1. The number of ether oxygens (including phenoxy) is 1. The molecule has 1 aliphatic rings. The molecular formula is C16H31NO2. The average molecular weight is 269 g/mol. The molecule has 0 amide bonds. The van der Waals surface area contributed by atoms with Crippen LogP contribution in [-0.4, -0.2) is 35.1 Å². The van der Waals surface area contributed by atoms with E-state index in [0.717, 1.165) is 12.8 Å². The molecule has 0 aliphatic carbocycles. The molecule has 0 saturated carbocycles. The molecule has 112 valence electrons. The van der Waals surface area contributed by atoms with Crippen LogP contribution in [0.5, 0.6) is 0 Å². The minimum Gasteiger partial charge on any atom is -0.462 e. The molecule has 1 heterocycles. The van der Waals surface area contributed by atoms with Crippen molar-refractivity contribution >= 4 is 5.97 Å². The Balaban J connectivity index is 2.68. The first kappa shape index (κ1) is 16.5. The number of piperidine rings is 1. The quantitative estimate of drug-likeness (QED) is 0.717. The Kier molecular flexibility index (Phi) is 4.41. The summed E-state index contributed by atoms with van der Waals surface area (Å²) in [6.07, 6.45) is 2.34. The molecule has 0 bridgehead atoms. The predicted molar refractivity (Wildman–Crippen MR) is 79.1 cm³/mol. The standard InChI is InChI=1S/C16H31NO2/c1-14(2,3)11-13(18)19-12-9-15(4,5)17(8)16(6,7)10-12/h12H,9-11H2,1-8H3. The maximum absolute atomic E-state index is 12.0. The number of rotatable bonds is 2. The molecule has 0 atom stereocenters. The lowest BCUT2D eigenvalue weighted by Gasteiger charge is -2.53. The molecule has 0 aromatic heterocycles. The molecule has 3 heteroatoms. The zero-order chi connectivity index (χ0) is 15.1. The lowest BCUT2D eigenvalue weighted by Crippen LogP contribution is -2.60. The van der Waals surface area contributed by atoms with Crippen molar-refractivity contribution in [2.75, 3.05) is 7.05 Å². The van der Waals surface area contributed by atoms with E-state index >= 15 is 0 Å². The summed E-state index contributed by atoms with van der Waals surface area (Å²) >= 11 is 0. The molecule has 1 aliphatic heterocycles. The number of nitrogens with zero attached hydrogens (tertiary/aromatic N) is 1. The molecule has 3 nitrogen and oxygen atoms in total.